The van der Waals surface area contributed by atoms with Gasteiger partial charge in [-0.15, -0.1) is 0 Å². The van der Waals surface area contributed by atoms with E-state index >= 15 is 0 Å². The fourth-order valence-electron chi connectivity index (χ4n) is 7.04. The first-order chi connectivity index (χ1) is 13.5. The average molecular weight is 409 g/mol. The topological polar surface area (TPSA) is 0 Å². The van der Waals surface area contributed by atoms with Crippen molar-refractivity contribution in [3.05, 3.63) is 34.4 Å². The fraction of sp³-hybridized carbons (Fsp3) is 0.760. The molecule has 4 rings (SSSR count). The predicted octanol–water partition coefficient (Wildman–Crippen LogP) is 8.21. The monoisotopic (exact) mass is 408 g/mol. The van der Waals surface area contributed by atoms with Crippen molar-refractivity contribution in [2.75, 3.05) is 0 Å². The molecule has 0 aliphatic heterocycles. The minimum atomic E-state index is -0.627. The lowest BCUT2D eigenvalue weighted by molar-refractivity contribution is -0.00405. The van der Waals surface area contributed by atoms with E-state index in [-0.39, 0.29) is 5.02 Å². The largest absolute Gasteiger partial charge is 0.205 e. The summed E-state index contributed by atoms with van der Waals surface area (Å²) < 4.78 is 27.4. The normalized spacial score (nSPS) is 35.3. The number of hydrogen-bond acceptors (Lipinski definition) is 0. The summed E-state index contributed by atoms with van der Waals surface area (Å²) in [7, 11) is 0. The zero-order valence-electron chi connectivity index (χ0n) is 17.2. The molecule has 1 unspecified atom stereocenters. The summed E-state index contributed by atoms with van der Waals surface area (Å²) in [4.78, 5) is 0. The van der Waals surface area contributed by atoms with E-state index in [0.717, 1.165) is 53.9 Å². The van der Waals surface area contributed by atoms with E-state index in [1.165, 1.54) is 76.3 Å². The van der Waals surface area contributed by atoms with Gasteiger partial charge in [0.25, 0.3) is 0 Å². The van der Waals surface area contributed by atoms with E-state index < -0.39 is 11.6 Å². The SMILES string of the molecule is CCC[C@@H]1CC[C@H]2[C@H](CC[C@H]3CC(CCc4cc(F)c(Cl)c(F)c4)CC[C@@H]32)C1. The summed E-state index contributed by atoms with van der Waals surface area (Å²) in [5, 5.41) is -0.380. The Balaban J connectivity index is 1.30. The predicted molar refractivity (Wildman–Crippen MR) is 112 cm³/mol. The summed E-state index contributed by atoms with van der Waals surface area (Å²) in [5.74, 6) is 4.32. The summed E-state index contributed by atoms with van der Waals surface area (Å²) in [6.07, 6.45) is 15.9. The Morgan fingerprint density at radius 1 is 0.821 bits per heavy atom. The van der Waals surface area contributed by atoms with Crippen LogP contribution in [0.4, 0.5) is 8.78 Å². The van der Waals surface area contributed by atoms with Crippen molar-refractivity contribution >= 4 is 11.6 Å². The maximum atomic E-state index is 13.7. The minimum Gasteiger partial charge on any atom is -0.205 e. The Morgan fingerprint density at radius 3 is 1.89 bits per heavy atom. The number of benzene rings is 1. The molecule has 3 aliphatic carbocycles. The van der Waals surface area contributed by atoms with Gasteiger partial charge >= 0.3 is 0 Å². The smallest absolute Gasteiger partial charge is 0.145 e. The molecule has 0 amide bonds. The zero-order valence-corrected chi connectivity index (χ0v) is 18.0. The molecule has 3 heteroatoms. The third-order valence-electron chi connectivity index (χ3n) is 8.34. The number of aryl methyl sites for hydroxylation is 1. The fourth-order valence-corrected chi connectivity index (χ4v) is 7.15. The van der Waals surface area contributed by atoms with Gasteiger partial charge in [0, 0.05) is 0 Å². The van der Waals surface area contributed by atoms with Gasteiger partial charge < -0.3 is 0 Å². The van der Waals surface area contributed by atoms with E-state index in [1.54, 1.807) is 0 Å². The molecule has 28 heavy (non-hydrogen) atoms. The molecule has 0 aromatic heterocycles. The van der Waals surface area contributed by atoms with Gasteiger partial charge in [-0.2, -0.15) is 0 Å². The van der Waals surface area contributed by atoms with Crippen molar-refractivity contribution in [3.63, 3.8) is 0 Å². The molecule has 0 saturated heterocycles. The van der Waals surface area contributed by atoms with Crippen molar-refractivity contribution in [2.24, 2.45) is 35.5 Å². The molecule has 0 nitrogen and oxygen atoms in total. The summed E-state index contributed by atoms with van der Waals surface area (Å²) in [6, 6.07) is 2.83. The molecule has 1 aromatic rings. The lowest BCUT2D eigenvalue weighted by atomic mass is 9.55. The maximum Gasteiger partial charge on any atom is 0.145 e. The van der Waals surface area contributed by atoms with Crippen LogP contribution in [0.2, 0.25) is 5.02 Å². The van der Waals surface area contributed by atoms with Crippen LogP contribution in [-0.2, 0) is 6.42 Å². The summed E-state index contributed by atoms with van der Waals surface area (Å²) >= 11 is 5.61. The molecular weight excluding hydrogens is 374 g/mol. The second kappa shape index (κ2) is 9.02. The molecule has 0 radical (unpaired) electrons. The molecule has 0 spiro atoms. The van der Waals surface area contributed by atoms with Gasteiger partial charge in [-0.05, 0) is 105 Å². The van der Waals surface area contributed by atoms with Crippen LogP contribution in [0, 0.1) is 47.1 Å². The molecule has 3 saturated carbocycles. The molecule has 156 valence electrons. The lowest BCUT2D eigenvalue weighted by Crippen LogP contribution is -2.41. The van der Waals surface area contributed by atoms with Crippen molar-refractivity contribution in [3.8, 4) is 0 Å². The first-order valence-electron chi connectivity index (χ1n) is 11.7. The number of hydrogen-bond donors (Lipinski definition) is 0. The minimum absolute atomic E-state index is 0.380. The molecule has 0 bridgehead atoms. The van der Waals surface area contributed by atoms with E-state index in [2.05, 4.69) is 6.92 Å². The Kier molecular flexibility index (Phi) is 6.65. The summed E-state index contributed by atoms with van der Waals surface area (Å²) in [6.45, 7) is 2.33. The highest BCUT2D eigenvalue weighted by atomic mass is 35.5. The van der Waals surface area contributed by atoms with Crippen molar-refractivity contribution in [1.82, 2.24) is 0 Å². The molecule has 1 aromatic carbocycles. The second-order valence-corrected chi connectivity index (χ2v) is 10.4. The third kappa shape index (κ3) is 4.42. The second-order valence-electron chi connectivity index (χ2n) is 9.98. The molecule has 3 fully saturated rings. The van der Waals surface area contributed by atoms with E-state index in [0.29, 0.717) is 0 Å². The van der Waals surface area contributed by atoms with Gasteiger partial charge in [-0.1, -0.05) is 44.2 Å². The van der Waals surface area contributed by atoms with Gasteiger partial charge in [0.2, 0.25) is 0 Å². The quantitative estimate of drug-likeness (QED) is 0.430. The van der Waals surface area contributed by atoms with Crippen LogP contribution < -0.4 is 0 Å². The average Bonchev–Trinajstić information content (AvgIpc) is 2.70. The Labute approximate surface area is 174 Å². The molecule has 3 aliphatic rings. The molecule has 0 heterocycles. The third-order valence-corrected chi connectivity index (χ3v) is 8.70. The van der Waals surface area contributed by atoms with Crippen LogP contribution in [-0.4, -0.2) is 0 Å². The van der Waals surface area contributed by atoms with Crippen LogP contribution >= 0.6 is 11.6 Å². The maximum absolute atomic E-state index is 13.7. The first kappa shape index (κ1) is 20.6. The van der Waals surface area contributed by atoms with Gasteiger partial charge in [0.05, 0.1) is 0 Å². The zero-order chi connectivity index (χ0) is 19.7. The van der Waals surface area contributed by atoms with Gasteiger partial charge in [0.15, 0.2) is 0 Å². The number of halogens is 3. The highest BCUT2D eigenvalue weighted by Gasteiger charge is 2.44. The molecule has 6 atom stereocenters. The van der Waals surface area contributed by atoms with E-state index in [9.17, 15) is 8.78 Å². The van der Waals surface area contributed by atoms with Gasteiger partial charge in [-0.3, -0.25) is 0 Å². The van der Waals surface area contributed by atoms with Crippen LogP contribution in [0.5, 0.6) is 0 Å². The van der Waals surface area contributed by atoms with Crippen LogP contribution in [0.15, 0.2) is 12.1 Å². The van der Waals surface area contributed by atoms with Gasteiger partial charge in [0.1, 0.15) is 16.7 Å². The van der Waals surface area contributed by atoms with E-state index in [1.807, 2.05) is 0 Å². The standard InChI is InChI=1S/C25H35ClF2/c1-2-3-16-6-10-21-19(12-16)8-9-20-13-17(7-11-22(20)21)4-5-18-14-23(27)25(26)24(28)15-18/h14-17,19-22H,2-13H2,1H3/t16-,17?,19-,20+,21+,22+/m1/s1. The Bertz CT molecular complexity index is 650. The lowest BCUT2D eigenvalue weighted by Gasteiger charge is -2.51. The van der Waals surface area contributed by atoms with Crippen LogP contribution in [0.3, 0.4) is 0 Å². The molecule has 0 N–H and O–H groups in total. The van der Waals surface area contributed by atoms with Gasteiger partial charge in [-0.25, -0.2) is 8.78 Å². The highest BCUT2D eigenvalue weighted by Crippen LogP contribution is 2.54. The number of fused-ring (bicyclic) bond motifs is 3. The first-order valence-corrected chi connectivity index (χ1v) is 12.1. The Hall–Kier alpha value is -0.630. The van der Waals surface area contributed by atoms with E-state index in [4.69, 9.17) is 11.6 Å². The van der Waals surface area contributed by atoms with Crippen molar-refractivity contribution in [1.29, 1.82) is 0 Å². The number of rotatable bonds is 5. The molecular formula is C25H35ClF2. The Morgan fingerprint density at radius 2 is 1.36 bits per heavy atom. The highest BCUT2D eigenvalue weighted by molar-refractivity contribution is 6.30. The van der Waals surface area contributed by atoms with Crippen molar-refractivity contribution < 1.29 is 8.78 Å². The van der Waals surface area contributed by atoms with Crippen molar-refractivity contribution in [2.45, 2.75) is 84.0 Å². The van der Waals surface area contributed by atoms with Crippen LogP contribution in [0.25, 0.3) is 0 Å². The van der Waals surface area contributed by atoms with Crippen LogP contribution in [0.1, 0.15) is 83.1 Å². The summed E-state index contributed by atoms with van der Waals surface area (Å²) in [5.41, 5.74) is 0.750.